The average molecular weight is 333 g/mol. The van der Waals surface area contributed by atoms with Gasteiger partial charge in [-0.2, -0.15) is 0 Å². The topological polar surface area (TPSA) is 84.2 Å². The molecule has 2 unspecified atom stereocenters. The second-order valence-corrected chi connectivity index (χ2v) is 7.98. The van der Waals surface area contributed by atoms with Crippen molar-refractivity contribution in [2.75, 3.05) is 0 Å². The van der Waals surface area contributed by atoms with Gasteiger partial charge in [-0.3, -0.25) is 0 Å². The Bertz CT molecular complexity index is 777. The molecule has 2 atom stereocenters. The van der Waals surface area contributed by atoms with Crippen LogP contribution in [0.25, 0.3) is 11.3 Å². The predicted molar refractivity (Wildman–Crippen MR) is 85.2 cm³/mol. The Morgan fingerprint density at radius 2 is 1.87 bits per heavy atom. The number of nitrogens with zero attached hydrogens (tertiary/aromatic N) is 1. The maximum absolute atomic E-state index is 12.9. The van der Waals surface area contributed by atoms with E-state index in [9.17, 15) is 8.42 Å². The van der Waals surface area contributed by atoms with Crippen molar-refractivity contribution in [3.63, 3.8) is 0 Å². The lowest BCUT2D eigenvalue weighted by Crippen LogP contribution is -2.47. The number of rotatable bonds is 4. The Hall–Kier alpha value is -1.70. The summed E-state index contributed by atoms with van der Waals surface area (Å²) in [7, 11) is -3.60. The molecule has 2 bridgehead atoms. The summed E-state index contributed by atoms with van der Waals surface area (Å²) in [6.45, 7) is 0. The lowest BCUT2D eigenvalue weighted by atomic mass is 10.0. The highest BCUT2D eigenvalue weighted by atomic mass is 32.2. The van der Waals surface area contributed by atoms with Gasteiger partial charge in [0.05, 0.1) is 11.1 Å². The second-order valence-electron chi connectivity index (χ2n) is 6.30. The van der Waals surface area contributed by atoms with Crippen LogP contribution in [-0.2, 0) is 10.0 Å². The van der Waals surface area contributed by atoms with Crippen LogP contribution in [0.15, 0.2) is 45.9 Å². The van der Waals surface area contributed by atoms with Crippen molar-refractivity contribution in [1.82, 2.24) is 15.2 Å². The van der Waals surface area contributed by atoms with Gasteiger partial charge >= 0.3 is 0 Å². The lowest BCUT2D eigenvalue weighted by Gasteiger charge is -2.29. The Morgan fingerprint density at radius 3 is 2.57 bits per heavy atom. The number of sulfonamides is 1. The monoisotopic (exact) mass is 333 g/mol. The molecule has 0 aliphatic carbocycles. The summed E-state index contributed by atoms with van der Waals surface area (Å²) in [4.78, 5) is 0.239. The van der Waals surface area contributed by atoms with Crippen LogP contribution in [0.5, 0.6) is 0 Å². The Morgan fingerprint density at radius 1 is 1.13 bits per heavy atom. The van der Waals surface area contributed by atoms with Crippen molar-refractivity contribution < 1.29 is 12.9 Å². The van der Waals surface area contributed by atoms with E-state index in [0.29, 0.717) is 23.4 Å². The first kappa shape index (κ1) is 14.9. The van der Waals surface area contributed by atoms with Gasteiger partial charge in [-0.1, -0.05) is 17.3 Å². The molecule has 2 fully saturated rings. The number of benzene rings is 1. The van der Waals surface area contributed by atoms with Gasteiger partial charge in [0.1, 0.15) is 0 Å². The number of fused-ring (bicyclic) bond motifs is 2. The van der Waals surface area contributed by atoms with Crippen LogP contribution in [0, 0.1) is 0 Å². The zero-order valence-electron chi connectivity index (χ0n) is 12.6. The standard InChI is InChI=1S/C16H19N3O3S/c20-23(21,19-13-9-11-5-6-12(10-13)18-11)16-4-2-1-3-14(16)15-7-8-17-22-15/h1-4,7-8,11-13,18-19H,5-6,9-10H2. The van der Waals surface area contributed by atoms with Gasteiger partial charge < -0.3 is 9.84 Å². The Labute approximate surface area is 135 Å². The zero-order chi connectivity index (χ0) is 15.9. The third kappa shape index (κ3) is 2.91. The fourth-order valence-corrected chi connectivity index (χ4v) is 5.17. The molecule has 23 heavy (non-hydrogen) atoms. The van der Waals surface area contributed by atoms with Crippen LogP contribution in [0.2, 0.25) is 0 Å². The molecule has 7 heteroatoms. The first-order valence-electron chi connectivity index (χ1n) is 7.90. The van der Waals surface area contributed by atoms with Crippen molar-refractivity contribution in [3.8, 4) is 11.3 Å². The number of nitrogens with one attached hydrogen (secondary N) is 2. The number of aromatic nitrogens is 1. The average Bonchev–Trinajstić information content (AvgIpc) is 3.17. The maximum atomic E-state index is 12.9. The smallest absolute Gasteiger partial charge is 0.241 e. The quantitative estimate of drug-likeness (QED) is 0.893. The Kier molecular flexibility index (Phi) is 3.71. The fraction of sp³-hybridized carbons (Fsp3) is 0.438. The summed E-state index contributed by atoms with van der Waals surface area (Å²) in [5.74, 6) is 0.455. The lowest BCUT2D eigenvalue weighted by molar-refractivity contribution is 0.345. The van der Waals surface area contributed by atoms with Crippen molar-refractivity contribution >= 4 is 10.0 Å². The summed E-state index contributed by atoms with van der Waals surface area (Å²) in [5, 5.41) is 7.19. The van der Waals surface area contributed by atoms with Crippen molar-refractivity contribution in [2.45, 2.75) is 48.7 Å². The molecular weight excluding hydrogens is 314 g/mol. The molecule has 2 saturated heterocycles. The number of hydrogen-bond donors (Lipinski definition) is 2. The molecule has 2 aliphatic rings. The van der Waals surface area contributed by atoms with Crippen LogP contribution >= 0.6 is 0 Å². The van der Waals surface area contributed by atoms with Crippen molar-refractivity contribution in [2.24, 2.45) is 0 Å². The van der Waals surface area contributed by atoms with Crippen molar-refractivity contribution in [3.05, 3.63) is 36.5 Å². The minimum Gasteiger partial charge on any atom is -0.356 e. The van der Waals surface area contributed by atoms with E-state index in [-0.39, 0.29) is 10.9 Å². The van der Waals surface area contributed by atoms with E-state index in [0.717, 1.165) is 25.7 Å². The van der Waals surface area contributed by atoms with E-state index in [2.05, 4.69) is 15.2 Å². The Balaban J connectivity index is 1.62. The normalized spacial score (nSPS) is 27.2. The number of piperidine rings is 1. The maximum Gasteiger partial charge on any atom is 0.241 e. The van der Waals surface area contributed by atoms with Gasteiger partial charge in [0.25, 0.3) is 0 Å². The van der Waals surface area contributed by atoms with E-state index >= 15 is 0 Å². The molecule has 0 saturated carbocycles. The molecular formula is C16H19N3O3S. The third-order valence-electron chi connectivity index (χ3n) is 4.67. The molecule has 4 rings (SSSR count). The van der Waals surface area contributed by atoms with Gasteiger partial charge in [-0.05, 0) is 37.8 Å². The van der Waals surface area contributed by atoms with Crippen LogP contribution < -0.4 is 10.0 Å². The SMILES string of the molecule is O=S(=O)(NC1CC2CCC(C1)N2)c1ccccc1-c1ccno1. The summed E-state index contributed by atoms with van der Waals surface area (Å²) in [6, 6.07) is 9.39. The molecule has 2 N–H and O–H groups in total. The van der Waals surface area contributed by atoms with E-state index < -0.39 is 10.0 Å². The first-order valence-corrected chi connectivity index (χ1v) is 9.38. The molecule has 0 amide bonds. The van der Waals surface area contributed by atoms with E-state index in [1.54, 1.807) is 30.3 Å². The highest BCUT2D eigenvalue weighted by Crippen LogP contribution is 2.30. The van der Waals surface area contributed by atoms with Crippen molar-refractivity contribution in [1.29, 1.82) is 0 Å². The summed E-state index contributed by atoms with van der Waals surface area (Å²) >= 11 is 0. The highest BCUT2D eigenvalue weighted by Gasteiger charge is 2.35. The molecule has 1 aromatic carbocycles. The zero-order valence-corrected chi connectivity index (χ0v) is 13.4. The molecule has 2 aromatic rings. The van der Waals surface area contributed by atoms with E-state index in [1.165, 1.54) is 6.20 Å². The van der Waals surface area contributed by atoms with Gasteiger partial charge in [0.15, 0.2) is 5.76 Å². The summed E-state index contributed by atoms with van der Waals surface area (Å²) in [6.07, 6.45) is 5.48. The minimum absolute atomic E-state index is 0.0125. The summed E-state index contributed by atoms with van der Waals surface area (Å²) < 4.78 is 33.7. The molecule has 1 aromatic heterocycles. The third-order valence-corrected chi connectivity index (χ3v) is 6.25. The highest BCUT2D eigenvalue weighted by molar-refractivity contribution is 7.89. The molecule has 0 spiro atoms. The van der Waals surface area contributed by atoms with Crippen LogP contribution in [0.3, 0.4) is 0 Å². The largest absolute Gasteiger partial charge is 0.356 e. The van der Waals surface area contributed by atoms with E-state index in [4.69, 9.17) is 4.52 Å². The van der Waals surface area contributed by atoms with Gasteiger partial charge in [-0.15, -0.1) is 0 Å². The minimum atomic E-state index is -3.60. The van der Waals surface area contributed by atoms with Crippen LogP contribution in [-0.4, -0.2) is 31.7 Å². The van der Waals surface area contributed by atoms with Gasteiger partial charge in [-0.25, -0.2) is 13.1 Å². The molecule has 0 radical (unpaired) electrons. The van der Waals surface area contributed by atoms with Gasteiger partial charge in [0.2, 0.25) is 10.0 Å². The van der Waals surface area contributed by atoms with Crippen LogP contribution in [0.4, 0.5) is 0 Å². The summed E-state index contributed by atoms with van der Waals surface area (Å²) in [5.41, 5.74) is 0.536. The molecule has 3 heterocycles. The van der Waals surface area contributed by atoms with E-state index in [1.807, 2.05) is 0 Å². The second kappa shape index (κ2) is 5.74. The predicted octanol–water partition coefficient (Wildman–Crippen LogP) is 1.90. The van der Waals surface area contributed by atoms with Gasteiger partial charge in [0, 0.05) is 29.8 Å². The molecule has 2 aliphatic heterocycles. The molecule has 122 valence electrons. The molecule has 6 nitrogen and oxygen atoms in total. The number of hydrogen-bond acceptors (Lipinski definition) is 5. The van der Waals surface area contributed by atoms with Crippen LogP contribution in [0.1, 0.15) is 25.7 Å². The first-order chi connectivity index (χ1) is 11.1. The fourth-order valence-electron chi connectivity index (χ4n) is 3.70.